The van der Waals surface area contributed by atoms with E-state index in [0.29, 0.717) is 23.9 Å². The van der Waals surface area contributed by atoms with Gasteiger partial charge in [0.25, 0.3) is 5.91 Å². The summed E-state index contributed by atoms with van der Waals surface area (Å²) in [6.45, 7) is 1.23. The Kier molecular flexibility index (Phi) is 3.49. The van der Waals surface area contributed by atoms with E-state index in [1.165, 1.54) is 0 Å². The highest BCUT2D eigenvalue weighted by Gasteiger charge is 2.28. The number of amides is 1. The summed E-state index contributed by atoms with van der Waals surface area (Å²) in [5.41, 5.74) is 5.76. The van der Waals surface area contributed by atoms with Crippen LogP contribution in [0, 0.1) is 0 Å². The molecular formula is C11H14ClN3O2. The number of aromatic nitrogens is 1. The van der Waals surface area contributed by atoms with Gasteiger partial charge in [-0.25, -0.2) is 4.98 Å². The number of ether oxygens (including phenoxy) is 1. The quantitative estimate of drug-likeness (QED) is 0.862. The highest BCUT2D eigenvalue weighted by atomic mass is 35.5. The van der Waals surface area contributed by atoms with Gasteiger partial charge in [-0.2, -0.15) is 0 Å². The van der Waals surface area contributed by atoms with Crippen molar-refractivity contribution < 1.29 is 9.53 Å². The van der Waals surface area contributed by atoms with Gasteiger partial charge < -0.3 is 15.4 Å². The first-order chi connectivity index (χ1) is 8.11. The van der Waals surface area contributed by atoms with Crippen molar-refractivity contribution >= 4 is 23.3 Å². The van der Waals surface area contributed by atoms with Crippen molar-refractivity contribution in [3.05, 3.63) is 22.8 Å². The minimum absolute atomic E-state index is 0.0961. The third-order valence-corrected chi connectivity index (χ3v) is 3.14. The van der Waals surface area contributed by atoms with Gasteiger partial charge in [0.15, 0.2) is 0 Å². The molecule has 92 valence electrons. The number of nitrogens with zero attached hydrogens (tertiary/aromatic N) is 2. The number of carbonyl (C=O) groups is 1. The lowest BCUT2D eigenvalue weighted by Crippen LogP contribution is -2.31. The zero-order valence-corrected chi connectivity index (χ0v) is 10.3. The molecular weight excluding hydrogens is 242 g/mol. The van der Waals surface area contributed by atoms with Crippen molar-refractivity contribution in [1.29, 1.82) is 0 Å². The standard InChI is InChI=1S/C11H14ClN3O2/c1-17-7-4-5-15(6-7)11(16)10-8(12)2-3-9(13)14-10/h2-3,7H,4-6H2,1H3,(H2,13,14). The van der Waals surface area contributed by atoms with E-state index in [4.69, 9.17) is 22.1 Å². The number of methoxy groups -OCH3 is 1. The number of nitrogens with two attached hydrogens (primary N) is 1. The lowest BCUT2D eigenvalue weighted by Gasteiger charge is -2.16. The molecule has 1 aliphatic rings. The first kappa shape index (κ1) is 12.1. The van der Waals surface area contributed by atoms with Crippen LogP contribution < -0.4 is 5.73 Å². The van der Waals surface area contributed by atoms with Crippen LogP contribution in [0.2, 0.25) is 5.02 Å². The van der Waals surface area contributed by atoms with E-state index in [9.17, 15) is 4.79 Å². The second kappa shape index (κ2) is 4.89. The van der Waals surface area contributed by atoms with Gasteiger partial charge in [0, 0.05) is 20.2 Å². The van der Waals surface area contributed by atoms with Crippen LogP contribution in [0.25, 0.3) is 0 Å². The van der Waals surface area contributed by atoms with Crippen LogP contribution in [-0.4, -0.2) is 42.1 Å². The fourth-order valence-electron chi connectivity index (χ4n) is 1.86. The van der Waals surface area contributed by atoms with Gasteiger partial charge in [-0.05, 0) is 18.6 Å². The maximum absolute atomic E-state index is 12.1. The highest BCUT2D eigenvalue weighted by Crippen LogP contribution is 2.20. The Morgan fingerprint density at radius 3 is 3.06 bits per heavy atom. The lowest BCUT2D eigenvalue weighted by molar-refractivity contribution is 0.0719. The summed E-state index contributed by atoms with van der Waals surface area (Å²) in [6, 6.07) is 3.15. The zero-order chi connectivity index (χ0) is 12.4. The molecule has 6 heteroatoms. The van der Waals surface area contributed by atoms with E-state index in [-0.39, 0.29) is 17.7 Å². The van der Waals surface area contributed by atoms with E-state index in [2.05, 4.69) is 4.98 Å². The highest BCUT2D eigenvalue weighted by molar-refractivity contribution is 6.33. The predicted molar refractivity (Wildman–Crippen MR) is 65.0 cm³/mol. The van der Waals surface area contributed by atoms with Crippen LogP contribution in [0.4, 0.5) is 5.82 Å². The summed E-state index contributed by atoms with van der Waals surface area (Å²) in [5.74, 6) is 0.0992. The minimum Gasteiger partial charge on any atom is -0.384 e. The molecule has 1 aliphatic heterocycles. The predicted octanol–water partition coefficient (Wildman–Crippen LogP) is 1.18. The second-order valence-electron chi connectivity index (χ2n) is 3.96. The normalized spacial score (nSPS) is 19.6. The lowest BCUT2D eigenvalue weighted by atomic mass is 10.3. The fourth-order valence-corrected chi connectivity index (χ4v) is 2.05. The molecule has 1 aromatic heterocycles. The Bertz CT molecular complexity index is 439. The van der Waals surface area contributed by atoms with E-state index in [1.54, 1.807) is 24.1 Å². The third-order valence-electron chi connectivity index (χ3n) is 2.84. The van der Waals surface area contributed by atoms with E-state index >= 15 is 0 Å². The van der Waals surface area contributed by atoms with Gasteiger partial charge in [0.05, 0.1) is 11.1 Å². The minimum atomic E-state index is -0.193. The summed E-state index contributed by atoms with van der Waals surface area (Å²) in [6.07, 6.45) is 0.932. The van der Waals surface area contributed by atoms with E-state index in [0.717, 1.165) is 6.42 Å². The van der Waals surface area contributed by atoms with Crippen LogP contribution in [-0.2, 0) is 4.74 Å². The van der Waals surface area contributed by atoms with Gasteiger partial charge >= 0.3 is 0 Å². The molecule has 2 heterocycles. The maximum Gasteiger partial charge on any atom is 0.274 e. The summed E-state index contributed by atoms with van der Waals surface area (Å²) >= 11 is 5.94. The van der Waals surface area contributed by atoms with Crippen LogP contribution in [0.15, 0.2) is 12.1 Å². The molecule has 5 nitrogen and oxygen atoms in total. The molecule has 0 saturated carbocycles. The molecule has 2 N–H and O–H groups in total. The van der Waals surface area contributed by atoms with Crippen molar-refractivity contribution in [2.24, 2.45) is 0 Å². The van der Waals surface area contributed by atoms with Gasteiger partial charge in [-0.3, -0.25) is 4.79 Å². The maximum atomic E-state index is 12.1. The van der Waals surface area contributed by atoms with E-state index < -0.39 is 0 Å². The number of likely N-dealkylation sites (tertiary alicyclic amines) is 1. The molecule has 0 aliphatic carbocycles. The third kappa shape index (κ3) is 2.50. The SMILES string of the molecule is COC1CCN(C(=O)c2nc(N)ccc2Cl)C1. The fraction of sp³-hybridized carbons (Fsp3) is 0.455. The molecule has 17 heavy (non-hydrogen) atoms. The largest absolute Gasteiger partial charge is 0.384 e. The van der Waals surface area contributed by atoms with Gasteiger partial charge in [0.1, 0.15) is 11.5 Å². The van der Waals surface area contributed by atoms with Gasteiger partial charge in [0.2, 0.25) is 0 Å². The number of anilines is 1. The molecule has 1 unspecified atom stereocenters. The second-order valence-corrected chi connectivity index (χ2v) is 4.37. The van der Waals surface area contributed by atoms with Crippen molar-refractivity contribution in [3.8, 4) is 0 Å². The molecule has 0 radical (unpaired) electrons. The van der Waals surface area contributed by atoms with Crippen molar-refractivity contribution in [3.63, 3.8) is 0 Å². The Morgan fingerprint density at radius 2 is 2.41 bits per heavy atom. The molecule has 0 aromatic carbocycles. The van der Waals surface area contributed by atoms with Crippen molar-refractivity contribution in [2.45, 2.75) is 12.5 Å². The zero-order valence-electron chi connectivity index (χ0n) is 9.52. The first-order valence-corrected chi connectivity index (χ1v) is 5.73. The Hall–Kier alpha value is -1.33. The molecule has 1 amide bonds. The number of hydrogen-bond donors (Lipinski definition) is 1. The first-order valence-electron chi connectivity index (χ1n) is 5.36. The van der Waals surface area contributed by atoms with E-state index in [1.807, 2.05) is 0 Å². The number of carbonyl (C=O) groups excluding carboxylic acids is 1. The number of hydrogen-bond acceptors (Lipinski definition) is 4. The molecule has 1 fully saturated rings. The Balaban J connectivity index is 2.17. The van der Waals surface area contributed by atoms with Crippen LogP contribution in [0.1, 0.15) is 16.9 Å². The summed E-state index contributed by atoms with van der Waals surface area (Å²) < 4.78 is 5.21. The monoisotopic (exact) mass is 255 g/mol. The van der Waals surface area contributed by atoms with Gasteiger partial charge in [-0.15, -0.1) is 0 Å². The average molecular weight is 256 g/mol. The Morgan fingerprint density at radius 1 is 1.65 bits per heavy atom. The molecule has 2 rings (SSSR count). The smallest absolute Gasteiger partial charge is 0.274 e. The van der Waals surface area contributed by atoms with Crippen molar-refractivity contribution in [1.82, 2.24) is 9.88 Å². The van der Waals surface area contributed by atoms with Crippen LogP contribution >= 0.6 is 11.6 Å². The molecule has 0 spiro atoms. The van der Waals surface area contributed by atoms with Crippen LogP contribution in [0.5, 0.6) is 0 Å². The Labute approximate surface area is 105 Å². The summed E-state index contributed by atoms with van der Waals surface area (Å²) in [7, 11) is 1.64. The average Bonchev–Trinajstić information content (AvgIpc) is 2.80. The van der Waals surface area contributed by atoms with Gasteiger partial charge in [-0.1, -0.05) is 11.6 Å². The molecule has 1 atom stereocenters. The molecule has 1 aromatic rings. The van der Waals surface area contributed by atoms with Crippen LogP contribution in [0.3, 0.4) is 0 Å². The number of rotatable bonds is 2. The summed E-state index contributed by atoms with van der Waals surface area (Å²) in [4.78, 5) is 17.8. The summed E-state index contributed by atoms with van der Waals surface area (Å²) in [5, 5.41) is 0.324. The number of halogens is 1. The molecule has 0 bridgehead atoms. The molecule has 1 saturated heterocycles. The number of nitrogen functional groups attached to an aromatic ring is 1. The number of pyridine rings is 1. The van der Waals surface area contributed by atoms with Crippen molar-refractivity contribution in [2.75, 3.05) is 25.9 Å². The topological polar surface area (TPSA) is 68.5 Å².